The third-order valence-corrected chi connectivity index (χ3v) is 8.20. The molecule has 1 N–H and O–H groups in total. The van der Waals surface area contributed by atoms with Crippen molar-refractivity contribution in [2.45, 2.75) is 38.6 Å². The van der Waals surface area contributed by atoms with Gasteiger partial charge in [0.15, 0.2) is 0 Å². The molecule has 2 bridgehead atoms. The van der Waals surface area contributed by atoms with E-state index in [-0.39, 0.29) is 0 Å². The molecule has 3 aliphatic rings. The summed E-state index contributed by atoms with van der Waals surface area (Å²) in [5.74, 6) is 5.09. The summed E-state index contributed by atoms with van der Waals surface area (Å²) in [4.78, 5) is 0. The number of thiophene rings is 1. The summed E-state index contributed by atoms with van der Waals surface area (Å²) < 4.78 is 2.56. The molecule has 0 spiro atoms. The van der Waals surface area contributed by atoms with Gasteiger partial charge in [-0.05, 0) is 105 Å². The van der Waals surface area contributed by atoms with Gasteiger partial charge in [0.1, 0.15) is 0 Å². The van der Waals surface area contributed by atoms with Gasteiger partial charge in [-0.3, -0.25) is 0 Å². The van der Waals surface area contributed by atoms with E-state index in [0.29, 0.717) is 6.04 Å². The lowest BCUT2D eigenvalue weighted by Crippen LogP contribution is -2.26. The topological polar surface area (TPSA) is 12.0 Å². The average Bonchev–Trinajstić information content (AvgIpc) is 2.73. The third kappa shape index (κ3) is 2.17. The van der Waals surface area contributed by atoms with Crippen LogP contribution in [-0.4, -0.2) is 6.54 Å². The van der Waals surface area contributed by atoms with E-state index in [0.717, 1.165) is 36.1 Å². The molecule has 3 fully saturated rings. The second-order valence-electron chi connectivity index (χ2n) is 6.78. The zero-order valence-corrected chi connectivity index (χ0v) is 15.7. The Bertz CT molecular complexity index is 499. The van der Waals surface area contributed by atoms with Crippen LogP contribution in [0.1, 0.15) is 44.2 Å². The molecule has 0 saturated heterocycles. The lowest BCUT2D eigenvalue weighted by Gasteiger charge is -2.22. The molecule has 0 amide bonds. The van der Waals surface area contributed by atoms with Crippen LogP contribution in [-0.2, 0) is 0 Å². The largest absolute Gasteiger partial charge is 0.310 e. The number of hydrogen-bond donors (Lipinski definition) is 1. The van der Waals surface area contributed by atoms with Crippen LogP contribution >= 0.6 is 43.2 Å². The summed E-state index contributed by atoms with van der Waals surface area (Å²) in [6, 6.07) is 2.91. The highest BCUT2D eigenvalue weighted by atomic mass is 79.9. The molecule has 3 aliphatic carbocycles. The van der Waals surface area contributed by atoms with Crippen molar-refractivity contribution in [1.82, 2.24) is 5.32 Å². The van der Waals surface area contributed by atoms with Crippen LogP contribution in [0.25, 0.3) is 0 Å². The Hall–Kier alpha value is 0.620. The monoisotopic (exact) mass is 417 g/mol. The standard InChI is InChI=1S/C16H21Br2NS/c1-2-5-19-15(10-7-11(17)20-16(10)18)14-12-8-3-4-9(6-8)13(12)14/h7-9,12-15,19H,2-6H2,1H3. The molecule has 0 radical (unpaired) electrons. The first kappa shape index (κ1) is 14.2. The van der Waals surface area contributed by atoms with Crippen LogP contribution in [0.5, 0.6) is 0 Å². The summed E-state index contributed by atoms with van der Waals surface area (Å²) in [5.41, 5.74) is 1.49. The number of rotatable bonds is 5. The highest BCUT2D eigenvalue weighted by molar-refractivity contribution is 9.12. The molecule has 4 heteroatoms. The minimum absolute atomic E-state index is 0.574. The Morgan fingerprint density at radius 2 is 2.00 bits per heavy atom. The van der Waals surface area contributed by atoms with Crippen LogP contribution < -0.4 is 5.32 Å². The van der Waals surface area contributed by atoms with Crippen molar-refractivity contribution in [2.24, 2.45) is 29.6 Å². The van der Waals surface area contributed by atoms with Crippen molar-refractivity contribution in [3.63, 3.8) is 0 Å². The Labute approximate surface area is 142 Å². The predicted molar refractivity (Wildman–Crippen MR) is 92.1 cm³/mol. The van der Waals surface area contributed by atoms with Gasteiger partial charge in [-0.2, -0.15) is 0 Å². The maximum atomic E-state index is 3.86. The molecular formula is C16H21Br2NS. The molecule has 3 saturated carbocycles. The molecule has 0 aromatic carbocycles. The highest BCUT2D eigenvalue weighted by Crippen LogP contribution is 2.72. The van der Waals surface area contributed by atoms with E-state index in [1.807, 2.05) is 11.3 Å². The third-order valence-electron chi connectivity index (χ3n) is 5.81. The molecule has 0 aliphatic heterocycles. The van der Waals surface area contributed by atoms with Gasteiger partial charge in [0.25, 0.3) is 0 Å². The first-order valence-electron chi connectivity index (χ1n) is 7.88. The lowest BCUT2D eigenvalue weighted by molar-refractivity contribution is 0.370. The first-order chi connectivity index (χ1) is 9.70. The van der Waals surface area contributed by atoms with Crippen molar-refractivity contribution in [2.75, 3.05) is 6.54 Å². The molecule has 4 rings (SSSR count). The van der Waals surface area contributed by atoms with Crippen LogP contribution in [0.2, 0.25) is 0 Å². The second kappa shape index (κ2) is 5.36. The van der Waals surface area contributed by atoms with E-state index >= 15 is 0 Å². The van der Waals surface area contributed by atoms with Crippen LogP contribution in [0.4, 0.5) is 0 Å². The fraction of sp³-hybridized carbons (Fsp3) is 0.750. The van der Waals surface area contributed by atoms with Gasteiger partial charge in [-0.1, -0.05) is 6.92 Å². The van der Waals surface area contributed by atoms with E-state index < -0.39 is 0 Å². The summed E-state index contributed by atoms with van der Waals surface area (Å²) in [7, 11) is 0. The second-order valence-corrected chi connectivity index (χ2v) is 10.5. The van der Waals surface area contributed by atoms with Crippen LogP contribution in [0.15, 0.2) is 13.6 Å². The summed E-state index contributed by atoms with van der Waals surface area (Å²) in [6.07, 6.45) is 5.78. The minimum atomic E-state index is 0.574. The fourth-order valence-electron chi connectivity index (χ4n) is 5.16. The van der Waals surface area contributed by atoms with Crippen molar-refractivity contribution in [3.8, 4) is 0 Å². The Balaban J connectivity index is 1.59. The van der Waals surface area contributed by atoms with E-state index in [1.54, 1.807) is 6.42 Å². The van der Waals surface area contributed by atoms with Crippen molar-refractivity contribution in [3.05, 3.63) is 19.2 Å². The van der Waals surface area contributed by atoms with Gasteiger partial charge in [0.2, 0.25) is 0 Å². The molecule has 1 aromatic rings. The van der Waals surface area contributed by atoms with E-state index in [1.165, 1.54) is 32.4 Å². The first-order valence-corrected chi connectivity index (χ1v) is 10.3. The lowest BCUT2D eigenvalue weighted by atomic mass is 9.94. The van der Waals surface area contributed by atoms with E-state index in [4.69, 9.17) is 0 Å². The molecular weight excluding hydrogens is 398 g/mol. The Kier molecular flexibility index (Phi) is 3.81. The summed E-state index contributed by atoms with van der Waals surface area (Å²) >= 11 is 9.24. The molecule has 5 atom stereocenters. The van der Waals surface area contributed by atoms with Gasteiger partial charge in [0.05, 0.1) is 7.57 Å². The minimum Gasteiger partial charge on any atom is -0.310 e. The number of hydrogen-bond acceptors (Lipinski definition) is 2. The number of nitrogens with one attached hydrogen (secondary N) is 1. The molecule has 5 unspecified atom stereocenters. The predicted octanol–water partition coefficient (Wildman–Crippen LogP) is 5.61. The SMILES string of the molecule is CCCNC(c1cc(Br)sc1Br)C1C2C3CCC(C3)C21. The zero-order chi connectivity index (χ0) is 13.9. The maximum Gasteiger partial charge on any atom is 0.0758 e. The average molecular weight is 419 g/mol. The van der Waals surface area contributed by atoms with Crippen LogP contribution in [0.3, 0.4) is 0 Å². The number of fused-ring (bicyclic) bond motifs is 5. The molecule has 110 valence electrons. The van der Waals surface area contributed by atoms with E-state index in [2.05, 4.69) is 50.2 Å². The van der Waals surface area contributed by atoms with Crippen LogP contribution in [0, 0.1) is 29.6 Å². The van der Waals surface area contributed by atoms with Crippen molar-refractivity contribution < 1.29 is 0 Å². The van der Waals surface area contributed by atoms with Gasteiger partial charge in [-0.15, -0.1) is 11.3 Å². The van der Waals surface area contributed by atoms with Gasteiger partial charge in [0, 0.05) is 6.04 Å². The maximum absolute atomic E-state index is 3.86. The van der Waals surface area contributed by atoms with Crippen molar-refractivity contribution >= 4 is 43.2 Å². The number of halogens is 2. The van der Waals surface area contributed by atoms with Gasteiger partial charge < -0.3 is 5.32 Å². The molecule has 1 heterocycles. The molecule has 1 nitrogen and oxygen atoms in total. The summed E-state index contributed by atoms with van der Waals surface area (Å²) in [5, 5.41) is 3.86. The van der Waals surface area contributed by atoms with Gasteiger partial charge in [-0.25, -0.2) is 0 Å². The highest BCUT2D eigenvalue weighted by Gasteiger charge is 2.66. The molecule has 1 aromatic heterocycles. The Morgan fingerprint density at radius 3 is 2.55 bits per heavy atom. The normalized spacial score (nSPS) is 39.0. The summed E-state index contributed by atoms with van der Waals surface area (Å²) in [6.45, 7) is 3.40. The van der Waals surface area contributed by atoms with Crippen molar-refractivity contribution in [1.29, 1.82) is 0 Å². The van der Waals surface area contributed by atoms with E-state index in [9.17, 15) is 0 Å². The Morgan fingerprint density at radius 1 is 1.30 bits per heavy atom. The quantitative estimate of drug-likeness (QED) is 0.655. The smallest absolute Gasteiger partial charge is 0.0758 e. The molecule has 20 heavy (non-hydrogen) atoms. The fourth-order valence-corrected chi connectivity index (χ4v) is 8.09. The zero-order valence-electron chi connectivity index (χ0n) is 11.7. The van der Waals surface area contributed by atoms with Gasteiger partial charge >= 0.3 is 0 Å².